The van der Waals surface area contributed by atoms with E-state index in [1.54, 1.807) is 6.92 Å². The Morgan fingerprint density at radius 2 is 1.76 bits per heavy atom. The van der Waals surface area contributed by atoms with Crippen LogP contribution < -0.4 is 5.32 Å². The molecular weight excluding hydrogens is 381 g/mol. The van der Waals surface area contributed by atoms with E-state index in [0.717, 1.165) is 45.7 Å². The molecule has 0 aromatic carbocycles. The Bertz CT molecular complexity index is 311. The van der Waals surface area contributed by atoms with Crippen molar-refractivity contribution in [3.05, 3.63) is 0 Å². The summed E-state index contributed by atoms with van der Waals surface area (Å²) in [5.41, 5.74) is 0. The first kappa shape index (κ1) is 20.8. The Labute approximate surface area is 143 Å². The van der Waals surface area contributed by atoms with Gasteiger partial charge in [0.1, 0.15) is 5.78 Å². The van der Waals surface area contributed by atoms with E-state index in [-0.39, 0.29) is 9.83 Å². The van der Waals surface area contributed by atoms with Crippen molar-refractivity contribution < 1.29 is 9.59 Å². The SMILES string of the molecule is CCCN(CCNCCN(C)CCC(=O)C(C)I)C(C)=O. The molecule has 0 spiro atoms. The van der Waals surface area contributed by atoms with E-state index < -0.39 is 0 Å². The van der Waals surface area contributed by atoms with E-state index >= 15 is 0 Å². The number of rotatable bonds is 12. The summed E-state index contributed by atoms with van der Waals surface area (Å²) in [5, 5.41) is 3.35. The molecule has 0 fully saturated rings. The van der Waals surface area contributed by atoms with Crippen LogP contribution in [-0.4, -0.2) is 71.7 Å². The predicted octanol–water partition coefficient (Wildman–Crippen LogP) is 1.55. The first-order valence-electron chi connectivity index (χ1n) is 7.70. The number of nitrogens with zero attached hydrogens (tertiary/aromatic N) is 2. The molecule has 0 aromatic heterocycles. The number of hydrogen-bond donors (Lipinski definition) is 1. The number of nitrogens with one attached hydrogen (secondary N) is 1. The number of Topliss-reactive ketones (excluding diaryl/α,β-unsaturated/α-hetero) is 1. The number of amides is 1. The number of carbonyl (C=O) groups excluding carboxylic acids is 2. The van der Waals surface area contributed by atoms with Gasteiger partial charge in [-0.3, -0.25) is 9.59 Å². The van der Waals surface area contributed by atoms with Crippen LogP contribution in [0.3, 0.4) is 0 Å². The van der Waals surface area contributed by atoms with Gasteiger partial charge < -0.3 is 15.1 Å². The Morgan fingerprint density at radius 1 is 1.14 bits per heavy atom. The third-order valence-corrected chi connectivity index (χ3v) is 4.05. The summed E-state index contributed by atoms with van der Waals surface area (Å²) < 4.78 is 0.102. The van der Waals surface area contributed by atoms with Crippen LogP contribution in [0, 0.1) is 0 Å². The summed E-state index contributed by atoms with van der Waals surface area (Å²) in [6, 6.07) is 0. The molecule has 5 nitrogen and oxygen atoms in total. The monoisotopic (exact) mass is 411 g/mol. The van der Waals surface area contributed by atoms with Crippen molar-refractivity contribution in [2.45, 2.75) is 37.5 Å². The van der Waals surface area contributed by atoms with Crippen molar-refractivity contribution >= 4 is 34.3 Å². The molecule has 0 aliphatic rings. The quantitative estimate of drug-likeness (QED) is 0.301. The third-order valence-electron chi connectivity index (χ3n) is 3.35. The molecule has 0 bridgehead atoms. The molecule has 0 radical (unpaired) electrons. The molecule has 1 N–H and O–H groups in total. The van der Waals surface area contributed by atoms with Crippen molar-refractivity contribution in [2.75, 3.05) is 46.3 Å². The average molecular weight is 411 g/mol. The maximum atomic E-state index is 11.5. The Morgan fingerprint density at radius 3 is 2.29 bits per heavy atom. The summed E-state index contributed by atoms with van der Waals surface area (Å²) in [6.07, 6.45) is 1.61. The maximum Gasteiger partial charge on any atom is 0.219 e. The number of halogens is 1. The second-order valence-corrected chi connectivity index (χ2v) is 7.26. The van der Waals surface area contributed by atoms with Crippen LogP contribution in [-0.2, 0) is 9.59 Å². The zero-order valence-electron chi connectivity index (χ0n) is 13.8. The average Bonchev–Trinajstić information content (AvgIpc) is 2.42. The molecule has 0 aliphatic heterocycles. The van der Waals surface area contributed by atoms with Gasteiger partial charge in [0.15, 0.2) is 0 Å². The van der Waals surface area contributed by atoms with Crippen LogP contribution >= 0.6 is 22.6 Å². The van der Waals surface area contributed by atoms with Crippen LogP contribution in [0.15, 0.2) is 0 Å². The van der Waals surface area contributed by atoms with Gasteiger partial charge in [0.2, 0.25) is 5.91 Å². The lowest BCUT2D eigenvalue weighted by molar-refractivity contribution is -0.128. The minimum Gasteiger partial charge on any atom is -0.342 e. The highest BCUT2D eigenvalue weighted by atomic mass is 127. The smallest absolute Gasteiger partial charge is 0.219 e. The van der Waals surface area contributed by atoms with Crippen LogP contribution in [0.5, 0.6) is 0 Å². The van der Waals surface area contributed by atoms with E-state index in [9.17, 15) is 9.59 Å². The zero-order valence-corrected chi connectivity index (χ0v) is 16.0. The van der Waals surface area contributed by atoms with Gasteiger partial charge in [0, 0.05) is 52.6 Å². The fourth-order valence-corrected chi connectivity index (χ4v) is 2.23. The minimum absolute atomic E-state index is 0.102. The topological polar surface area (TPSA) is 52.6 Å². The lowest BCUT2D eigenvalue weighted by Gasteiger charge is -2.21. The standard InChI is InChI=1S/C15H30IN3O2/c1-5-9-19(14(3)20)12-8-17-7-11-18(4)10-6-15(21)13(2)16/h13,17H,5-12H2,1-4H3. The van der Waals surface area contributed by atoms with Gasteiger partial charge in [0.05, 0.1) is 3.92 Å². The number of hydrogen-bond acceptors (Lipinski definition) is 4. The predicted molar refractivity (Wildman–Crippen MR) is 96.0 cm³/mol. The second kappa shape index (κ2) is 12.3. The molecule has 1 amide bonds. The van der Waals surface area contributed by atoms with E-state index in [1.165, 1.54) is 0 Å². The molecule has 6 heteroatoms. The highest BCUT2D eigenvalue weighted by molar-refractivity contribution is 14.1. The Hall–Kier alpha value is -0.210. The van der Waals surface area contributed by atoms with Crippen molar-refractivity contribution in [1.29, 1.82) is 0 Å². The van der Waals surface area contributed by atoms with Gasteiger partial charge in [-0.25, -0.2) is 0 Å². The molecule has 124 valence electrons. The third kappa shape index (κ3) is 11.1. The molecule has 21 heavy (non-hydrogen) atoms. The number of carbonyl (C=O) groups is 2. The fourth-order valence-electron chi connectivity index (χ4n) is 1.92. The molecule has 0 aliphatic carbocycles. The largest absolute Gasteiger partial charge is 0.342 e. The van der Waals surface area contributed by atoms with E-state index in [4.69, 9.17) is 0 Å². The van der Waals surface area contributed by atoms with E-state index in [2.05, 4.69) is 39.7 Å². The van der Waals surface area contributed by atoms with E-state index in [1.807, 2.05) is 18.9 Å². The minimum atomic E-state index is 0.102. The van der Waals surface area contributed by atoms with Crippen molar-refractivity contribution in [3.63, 3.8) is 0 Å². The zero-order chi connectivity index (χ0) is 16.3. The lowest BCUT2D eigenvalue weighted by Crippen LogP contribution is -2.38. The van der Waals surface area contributed by atoms with Gasteiger partial charge in [-0.2, -0.15) is 0 Å². The van der Waals surface area contributed by atoms with Gasteiger partial charge in [-0.1, -0.05) is 29.5 Å². The maximum absolute atomic E-state index is 11.5. The fraction of sp³-hybridized carbons (Fsp3) is 0.867. The van der Waals surface area contributed by atoms with Gasteiger partial charge in [-0.15, -0.1) is 0 Å². The van der Waals surface area contributed by atoms with E-state index in [0.29, 0.717) is 12.2 Å². The normalized spacial score (nSPS) is 12.5. The number of likely N-dealkylation sites (N-methyl/N-ethyl adjacent to an activating group) is 1. The molecular formula is C15H30IN3O2. The summed E-state index contributed by atoms with van der Waals surface area (Å²) in [6.45, 7) is 10.6. The molecule has 1 unspecified atom stereocenters. The number of alkyl halides is 1. The van der Waals surface area contributed by atoms with Crippen molar-refractivity contribution in [2.24, 2.45) is 0 Å². The molecule has 0 rings (SSSR count). The van der Waals surface area contributed by atoms with Gasteiger partial charge in [-0.05, 0) is 20.4 Å². The van der Waals surface area contributed by atoms with Gasteiger partial charge >= 0.3 is 0 Å². The second-order valence-electron chi connectivity index (χ2n) is 5.39. The summed E-state index contributed by atoms with van der Waals surface area (Å²) >= 11 is 2.16. The van der Waals surface area contributed by atoms with Gasteiger partial charge in [0.25, 0.3) is 0 Å². The van der Waals surface area contributed by atoms with Crippen LogP contribution in [0.4, 0.5) is 0 Å². The van der Waals surface area contributed by atoms with Crippen molar-refractivity contribution in [3.8, 4) is 0 Å². The van der Waals surface area contributed by atoms with Crippen LogP contribution in [0.1, 0.15) is 33.6 Å². The first-order valence-corrected chi connectivity index (χ1v) is 8.94. The van der Waals surface area contributed by atoms with Crippen LogP contribution in [0.25, 0.3) is 0 Å². The summed E-state index contributed by atoms with van der Waals surface area (Å²) in [4.78, 5) is 26.9. The first-order chi connectivity index (χ1) is 9.88. The van der Waals surface area contributed by atoms with Crippen LogP contribution in [0.2, 0.25) is 0 Å². The summed E-state index contributed by atoms with van der Waals surface area (Å²) in [7, 11) is 2.03. The molecule has 0 aromatic rings. The Balaban J connectivity index is 3.65. The molecule has 0 saturated carbocycles. The lowest BCUT2D eigenvalue weighted by atomic mass is 10.2. The number of ketones is 1. The Kier molecular flexibility index (Phi) is 12.2. The highest BCUT2D eigenvalue weighted by Gasteiger charge is 2.10. The molecule has 0 saturated heterocycles. The molecule has 0 heterocycles. The van der Waals surface area contributed by atoms with Crippen molar-refractivity contribution in [1.82, 2.24) is 15.1 Å². The summed E-state index contributed by atoms with van der Waals surface area (Å²) in [5.74, 6) is 0.453. The highest BCUT2D eigenvalue weighted by Crippen LogP contribution is 2.03. The molecule has 1 atom stereocenters.